The van der Waals surface area contributed by atoms with E-state index >= 15 is 0 Å². The van der Waals surface area contributed by atoms with Gasteiger partial charge < -0.3 is 14.2 Å². The first-order valence-electron chi connectivity index (χ1n) is 31.6. The topological polar surface area (TPSA) is 78.9 Å². The number of carbonyl (C=O) groups is 3. The van der Waals surface area contributed by atoms with Gasteiger partial charge in [-0.05, 0) is 77.0 Å². The SMILES string of the molecule is CCC/C=C\C/C=C\CCCCCCCC(=O)OCC(COC(=O)CCCCCCCCCCCCCCC/C=C\C/C=C\CCCCCCC)OC(=O)CCCCCCCCCCCCCCCCCC. The zero-order valence-electron chi connectivity index (χ0n) is 48.2. The second kappa shape index (κ2) is 60.9. The van der Waals surface area contributed by atoms with Gasteiger partial charge in [-0.15, -0.1) is 0 Å². The summed E-state index contributed by atoms with van der Waals surface area (Å²) in [4.78, 5) is 38.2. The van der Waals surface area contributed by atoms with E-state index in [-0.39, 0.29) is 31.1 Å². The lowest BCUT2D eigenvalue weighted by Gasteiger charge is -2.18. The fraction of sp³-hybridized carbons (Fsp3) is 0.833. The number of esters is 3. The monoisotopic (exact) mass is 1010 g/mol. The zero-order chi connectivity index (χ0) is 52.2. The van der Waals surface area contributed by atoms with Crippen LogP contribution in [-0.2, 0) is 28.6 Å². The van der Waals surface area contributed by atoms with Gasteiger partial charge in [0.25, 0.3) is 0 Å². The van der Waals surface area contributed by atoms with E-state index in [1.54, 1.807) is 0 Å². The van der Waals surface area contributed by atoms with E-state index in [4.69, 9.17) is 14.2 Å². The molecule has 0 saturated heterocycles. The van der Waals surface area contributed by atoms with Crippen LogP contribution in [0.5, 0.6) is 0 Å². The largest absolute Gasteiger partial charge is 0.462 e. The molecular formula is C66H120O6. The van der Waals surface area contributed by atoms with Gasteiger partial charge in [0.15, 0.2) is 6.10 Å². The summed E-state index contributed by atoms with van der Waals surface area (Å²) >= 11 is 0. The Hall–Kier alpha value is -2.63. The highest BCUT2D eigenvalue weighted by molar-refractivity contribution is 5.71. The maximum atomic E-state index is 12.9. The van der Waals surface area contributed by atoms with Crippen molar-refractivity contribution in [2.24, 2.45) is 0 Å². The zero-order valence-corrected chi connectivity index (χ0v) is 48.2. The van der Waals surface area contributed by atoms with Gasteiger partial charge in [0.2, 0.25) is 0 Å². The first-order chi connectivity index (χ1) is 35.5. The van der Waals surface area contributed by atoms with E-state index in [0.717, 1.165) is 89.9 Å². The summed E-state index contributed by atoms with van der Waals surface area (Å²) in [5.41, 5.74) is 0. The Bertz CT molecular complexity index is 1250. The van der Waals surface area contributed by atoms with Crippen LogP contribution >= 0.6 is 0 Å². The molecule has 0 amide bonds. The van der Waals surface area contributed by atoms with Crippen LogP contribution in [0.2, 0.25) is 0 Å². The van der Waals surface area contributed by atoms with Crippen molar-refractivity contribution >= 4 is 17.9 Å². The minimum Gasteiger partial charge on any atom is -0.462 e. The second-order valence-corrected chi connectivity index (χ2v) is 21.3. The van der Waals surface area contributed by atoms with E-state index in [1.165, 1.54) is 205 Å². The average Bonchev–Trinajstić information content (AvgIpc) is 3.38. The molecule has 0 heterocycles. The summed E-state index contributed by atoms with van der Waals surface area (Å²) < 4.78 is 16.9. The van der Waals surface area contributed by atoms with Crippen LogP contribution < -0.4 is 0 Å². The van der Waals surface area contributed by atoms with Crippen molar-refractivity contribution in [3.8, 4) is 0 Å². The Morgan fingerprint density at radius 2 is 0.528 bits per heavy atom. The Morgan fingerprint density at radius 3 is 0.819 bits per heavy atom. The predicted octanol–water partition coefficient (Wildman–Crippen LogP) is 21.4. The molecule has 1 atom stereocenters. The normalized spacial score (nSPS) is 12.3. The quantitative estimate of drug-likeness (QED) is 0.0261. The van der Waals surface area contributed by atoms with Gasteiger partial charge in [-0.25, -0.2) is 0 Å². The van der Waals surface area contributed by atoms with Crippen molar-refractivity contribution in [1.29, 1.82) is 0 Å². The van der Waals surface area contributed by atoms with Crippen molar-refractivity contribution in [2.75, 3.05) is 13.2 Å². The lowest BCUT2D eigenvalue weighted by molar-refractivity contribution is -0.167. The van der Waals surface area contributed by atoms with Crippen LogP contribution in [0.3, 0.4) is 0 Å². The van der Waals surface area contributed by atoms with E-state index in [2.05, 4.69) is 69.4 Å². The second-order valence-electron chi connectivity index (χ2n) is 21.3. The van der Waals surface area contributed by atoms with Gasteiger partial charge in [-0.1, -0.05) is 288 Å². The molecule has 72 heavy (non-hydrogen) atoms. The number of unbranched alkanes of at least 4 members (excludes halogenated alkanes) is 39. The van der Waals surface area contributed by atoms with Gasteiger partial charge in [-0.3, -0.25) is 14.4 Å². The first-order valence-corrected chi connectivity index (χ1v) is 31.6. The fourth-order valence-electron chi connectivity index (χ4n) is 9.28. The van der Waals surface area contributed by atoms with Gasteiger partial charge >= 0.3 is 17.9 Å². The Kier molecular flexibility index (Phi) is 58.7. The highest BCUT2D eigenvalue weighted by Gasteiger charge is 2.19. The lowest BCUT2D eigenvalue weighted by Crippen LogP contribution is -2.30. The molecule has 420 valence electrons. The van der Waals surface area contributed by atoms with Crippen molar-refractivity contribution in [3.63, 3.8) is 0 Å². The molecule has 0 N–H and O–H groups in total. The fourth-order valence-corrected chi connectivity index (χ4v) is 9.28. The molecule has 0 saturated carbocycles. The predicted molar refractivity (Wildman–Crippen MR) is 312 cm³/mol. The van der Waals surface area contributed by atoms with Gasteiger partial charge in [0, 0.05) is 19.3 Å². The maximum absolute atomic E-state index is 12.9. The molecule has 0 radical (unpaired) electrons. The van der Waals surface area contributed by atoms with Crippen LogP contribution in [0.15, 0.2) is 48.6 Å². The Balaban J connectivity index is 4.25. The van der Waals surface area contributed by atoms with Crippen molar-refractivity contribution in [1.82, 2.24) is 0 Å². The number of hydrogen-bond acceptors (Lipinski definition) is 6. The molecule has 0 aromatic carbocycles. The van der Waals surface area contributed by atoms with Crippen LogP contribution in [-0.4, -0.2) is 37.2 Å². The van der Waals surface area contributed by atoms with Crippen LogP contribution in [0.4, 0.5) is 0 Å². The van der Waals surface area contributed by atoms with Crippen LogP contribution in [0.25, 0.3) is 0 Å². The minimum absolute atomic E-state index is 0.0743. The summed E-state index contributed by atoms with van der Waals surface area (Å²) in [7, 11) is 0. The highest BCUT2D eigenvalue weighted by atomic mass is 16.6. The molecule has 1 unspecified atom stereocenters. The highest BCUT2D eigenvalue weighted by Crippen LogP contribution is 2.17. The standard InChI is InChI=1S/C66H120O6/c1-4-7-10-13-16-19-22-25-27-29-30-31-32-33-34-35-36-37-39-41-44-47-50-53-56-59-65(68)71-62-63(61-70-64(67)58-55-52-49-46-43-40-24-21-18-15-12-9-6-3)72-66(69)60-57-54-51-48-45-42-38-28-26-23-20-17-14-11-8-5-2/h12,15,21-22,24-25,29-30,63H,4-11,13-14,16-20,23,26-28,31-62H2,1-3H3/b15-12-,24-21-,25-22-,30-29-. The summed E-state index contributed by atoms with van der Waals surface area (Å²) in [6.07, 6.45) is 75.5. The molecule has 0 aliphatic rings. The first kappa shape index (κ1) is 69.4. The molecule has 0 rings (SSSR count). The number of hydrogen-bond donors (Lipinski definition) is 0. The van der Waals surface area contributed by atoms with E-state index < -0.39 is 6.10 Å². The minimum atomic E-state index is -0.777. The summed E-state index contributed by atoms with van der Waals surface area (Å²) in [5, 5.41) is 0. The lowest BCUT2D eigenvalue weighted by atomic mass is 10.0. The van der Waals surface area contributed by atoms with Gasteiger partial charge in [0.05, 0.1) is 0 Å². The smallest absolute Gasteiger partial charge is 0.306 e. The third-order valence-electron chi connectivity index (χ3n) is 14.0. The summed E-state index contributed by atoms with van der Waals surface area (Å²) in [6, 6.07) is 0. The molecule has 0 spiro atoms. The molecule has 0 bridgehead atoms. The maximum Gasteiger partial charge on any atom is 0.306 e. The molecule has 0 aliphatic heterocycles. The number of rotatable bonds is 58. The molecule has 0 fully saturated rings. The third kappa shape index (κ3) is 58.3. The third-order valence-corrected chi connectivity index (χ3v) is 14.0. The molecule has 0 aromatic heterocycles. The van der Waals surface area contributed by atoms with Crippen LogP contribution in [0.1, 0.15) is 335 Å². The van der Waals surface area contributed by atoms with Crippen LogP contribution in [0, 0.1) is 0 Å². The number of carbonyl (C=O) groups excluding carboxylic acids is 3. The van der Waals surface area contributed by atoms with Gasteiger partial charge in [-0.2, -0.15) is 0 Å². The van der Waals surface area contributed by atoms with Crippen molar-refractivity contribution in [2.45, 2.75) is 341 Å². The Labute approximate surface area is 448 Å². The summed E-state index contributed by atoms with van der Waals surface area (Å²) in [5.74, 6) is -0.870. The van der Waals surface area contributed by atoms with Crippen molar-refractivity contribution in [3.05, 3.63) is 48.6 Å². The number of allylic oxidation sites excluding steroid dienone is 8. The molecule has 0 aliphatic carbocycles. The van der Waals surface area contributed by atoms with E-state index in [9.17, 15) is 14.4 Å². The number of ether oxygens (including phenoxy) is 3. The van der Waals surface area contributed by atoms with E-state index in [0.29, 0.717) is 19.3 Å². The molecule has 0 aromatic rings. The molecule has 6 nitrogen and oxygen atoms in total. The van der Waals surface area contributed by atoms with Gasteiger partial charge in [0.1, 0.15) is 13.2 Å². The Morgan fingerprint density at radius 1 is 0.278 bits per heavy atom. The summed E-state index contributed by atoms with van der Waals surface area (Å²) in [6.45, 7) is 6.60. The average molecular weight is 1010 g/mol. The molecular weight excluding hydrogens is 889 g/mol. The molecule has 6 heteroatoms. The van der Waals surface area contributed by atoms with E-state index in [1.807, 2.05) is 0 Å². The van der Waals surface area contributed by atoms with Crippen molar-refractivity contribution < 1.29 is 28.6 Å².